The smallest absolute Gasteiger partial charge is 0.316 e. The van der Waals surface area contributed by atoms with Gasteiger partial charge in [-0.15, -0.1) is 0 Å². The molecule has 0 amide bonds. The van der Waals surface area contributed by atoms with Crippen molar-refractivity contribution in [2.45, 2.75) is 6.42 Å². The molecule has 66 valence electrons. The highest BCUT2D eigenvalue weighted by Gasteiger charge is 2.03. The Balaban J connectivity index is 2.69. The molecule has 4 nitrogen and oxygen atoms in total. The van der Waals surface area contributed by atoms with Gasteiger partial charge in [-0.05, 0) is 0 Å². The van der Waals surface area contributed by atoms with E-state index in [1.807, 2.05) is 6.08 Å². The van der Waals surface area contributed by atoms with E-state index >= 15 is 0 Å². The summed E-state index contributed by atoms with van der Waals surface area (Å²) in [6.07, 6.45) is 5.42. The van der Waals surface area contributed by atoms with E-state index in [9.17, 15) is 4.79 Å². The lowest BCUT2D eigenvalue weighted by atomic mass is 10.1. The van der Waals surface area contributed by atoms with Crippen LogP contribution in [0.1, 0.15) is 6.42 Å². The number of nitrogens with zero attached hydrogens (tertiary/aromatic N) is 2. The van der Waals surface area contributed by atoms with Gasteiger partial charge in [0.15, 0.2) is 5.78 Å². The number of rotatable bonds is 1. The normalized spacial score (nSPS) is 14.1. The molecule has 13 heavy (non-hydrogen) atoms. The average Bonchev–Trinajstić information content (AvgIpc) is 2.16. The number of carbonyl (C=O) groups is 1. The molecule has 0 spiro atoms. The summed E-state index contributed by atoms with van der Waals surface area (Å²) in [6.45, 7) is 0. The minimum Gasteiger partial charge on any atom is -0.467 e. The van der Waals surface area contributed by atoms with Crippen molar-refractivity contribution in [3.8, 4) is 6.01 Å². The Morgan fingerprint density at radius 2 is 2.38 bits per heavy atom. The molecule has 1 aliphatic rings. The second kappa shape index (κ2) is 2.97. The lowest BCUT2D eigenvalue weighted by Gasteiger charge is -1.99. The first kappa shape index (κ1) is 7.91. The molecule has 1 aromatic heterocycles. The zero-order valence-electron chi connectivity index (χ0n) is 7.15. The maximum atomic E-state index is 11.0. The SMILES string of the molecule is COc1ncc2c(n1)=CC(=O)CC=2. The van der Waals surface area contributed by atoms with Crippen LogP contribution in [0.15, 0.2) is 6.20 Å². The van der Waals surface area contributed by atoms with Crippen LogP contribution in [0.5, 0.6) is 6.01 Å². The Hall–Kier alpha value is -1.71. The van der Waals surface area contributed by atoms with Crippen molar-refractivity contribution in [1.29, 1.82) is 0 Å². The number of fused-ring (bicyclic) bond motifs is 1. The molecular formula is C9H8N2O2. The highest BCUT2D eigenvalue weighted by molar-refractivity contribution is 6.08. The number of hydrogen-bond acceptors (Lipinski definition) is 4. The van der Waals surface area contributed by atoms with E-state index in [0.29, 0.717) is 11.8 Å². The van der Waals surface area contributed by atoms with E-state index < -0.39 is 0 Å². The molecule has 0 bridgehead atoms. The average molecular weight is 176 g/mol. The fourth-order valence-electron chi connectivity index (χ4n) is 1.18. The van der Waals surface area contributed by atoms with E-state index in [1.54, 1.807) is 6.20 Å². The number of Topliss-reactive ketones (excluding diaryl/α,β-unsaturated/α-hetero) is 1. The summed E-state index contributed by atoms with van der Waals surface area (Å²) in [5, 5.41) is 1.53. The highest BCUT2D eigenvalue weighted by Crippen LogP contribution is 1.93. The first-order valence-electron chi connectivity index (χ1n) is 3.91. The van der Waals surface area contributed by atoms with Crippen molar-refractivity contribution in [2.24, 2.45) is 0 Å². The quantitative estimate of drug-likeness (QED) is 0.552. The van der Waals surface area contributed by atoms with Gasteiger partial charge in [-0.3, -0.25) is 4.79 Å². The van der Waals surface area contributed by atoms with Gasteiger partial charge in [-0.2, -0.15) is 4.98 Å². The van der Waals surface area contributed by atoms with Crippen molar-refractivity contribution >= 4 is 17.9 Å². The first-order chi connectivity index (χ1) is 6.29. The molecule has 0 saturated heterocycles. The summed E-state index contributed by atoms with van der Waals surface area (Å²) >= 11 is 0. The molecule has 0 aromatic carbocycles. The van der Waals surface area contributed by atoms with Crippen molar-refractivity contribution in [1.82, 2.24) is 9.97 Å². The molecule has 0 N–H and O–H groups in total. The first-order valence-corrected chi connectivity index (χ1v) is 3.91. The van der Waals surface area contributed by atoms with Crippen molar-refractivity contribution in [3.05, 3.63) is 16.8 Å². The lowest BCUT2D eigenvalue weighted by molar-refractivity contribution is -0.112. The molecule has 0 atom stereocenters. The molecule has 0 fully saturated rings. The summed E-state index contributed by atoms with van der Waals surface area (Å²) in [7, 11) is 1.50. The fraction of sp³-hybridized carbons (Fsp3) is 0.222. The monoisotopic (exact) mass is 176 g/mol. The summed E-state index contributed by atoms with van der Waals surface area (Å²) in [5.41, 5.74) is 0. The van der Waals surface area contributed by atoms with Gasteiger partial charge in [0.25, 0.3) is 0 Å². The molecule has 1 aliphatic carbocycles. The number of ketones is 1. The minimum absolute atomic E-state index is 0.0632. The molecule has 1 aromatic rings. The Labute approximate surface area is 74.6 Å². The second-order valence-electron chi connectivity index (χ2n) is 2.72. The van der Waals surface area contributed by atoms with Crippen molar-refractivity contribution < 1.29 is 9.53 Å². The predicted molar refractivity (Wildman–Crippen MR) is 46.4 cm³/mol. The maximum Gasteiger partial charge on any atom is 0.316 e. The third kappa shape index (κ3) is 1.42. The molecular weight excluding hydrogens is 168 g/mol. The molecule has 0 unspecified atom stereocenters. The zero-order chi connectivity index (χ0) is 9.26. The van der Waals surface area contributed by atoms with Crippen molar-refractivity contribution in [3.63, 3.8) is 0 Å². The van der Waals surface area contributed by atoms with Crippen LogP contribution in [-0.4, -0.2) is 22.9 Å². The van der Waals surface area contributed by atoms with E-state index in [0.717, 1.165) is 5.22 Å². The van der Waals surface area contributed by atoms with Gasteiger partial charge in [0.1, 0.15) is 0 Å². The highest BCUT2D eigenvalue weighted by atomic mass is 16.5. The van der Waals surface area contributed by atoms with E-state index in [4.69, 9.17) is 4.74 Å². The third-order valence-electron chi connectivity index (χ3n) is 1.83. The topological polar surface area (TPSA) is 52.1 Å². The largest absolute Gasteiger partial charge is 0.467 e. The van der Waals surface area contributed by atoms with Gasteiger partial charge in [0.2, 0.25) is 0 Å². The van der Waals surface area contributed by atoms with Gasteiger partial charge in [0.05, 0.1) is 12.5 Å². The molecule has 4 heteroatoms. The molecule has 0 saturated carbocycles. The molecule has 2 rings (SSSR count). The summed E-state index contributed by atoms with van der Waals surface area (Å²) in [5.74, 6) is 0.0632. The Morgan fingerprint density at radius 3 is 3.15 bits per heavy atom. The van der Waals surface area contributed by atoms with Gasteiger partial charge >= 0.3 is 6.01 Å². The minimum atomic E-state index is 0.0632. The maximum absolute atomic E-state index is 11.0. The van der Waals surface area contributed by atoms with Crippen LogP contribution in [0.2, 0.25) is 0 Å². The summed E-state index contributed by atoms with van der Waals surface area (Å²) in [6, 6.07) is 0.290. The fourth-order valence-corrected chi connectivity index (χ4v) is 1.18. The van der Waals surface area contributed by atoms with Crippen LogP contribution in [0.4, 0.5) is 0 Å². The van der Waals surface area contributed by atoms with Gasteiger partial charge in [0, 0.05) is 23.9 Å². The third-order valence-corrected chi connectivity index (χ3v) is 1.83. The number of methoxy groups -OCH3 is 1. The molecule has 0 radical (unpaired) electrons. The molecule has 1 heterocycles. The van der Waals surface area contributed by atoms with Gasteiger partial charge in [-0.25, -0.2) is 4.98 Å². The number of ether oxygens (including phenoxy) is 1. The standard InChI is InChI=1S/C9H8N2O2/c1-13-9-10-5-6-2-3-7(12)4-8(6)11-9/h2,4-5H,3H2,1H3. The lowest BCUT2D eigenvalue weighted by Crippen LogP contribution is -2.33. The Morgan fingerprint density at radius 1 is 1.54 bits per heavy atom. The Bertz CT molecular complexity index is 465. The zero-order valence-corrected chi connectivity index (χ0v) is 7.15. The van der Waals surface area contributed by atoms with E-state index in [1.165, 1.54) is 13.2 Å². The van der Waals surface area contributed by atoms with Gasteiger partial charge in [-0.1, -0.05) is 6.08 Å². The van der Waals surface area contributed by atoms with Gasteiger partial charge < -0.3 is 4.74 Å². The number of hydrogen-bond donors (Lipinski definition) is 0. The number of carbonyl (C=O) groups excluding carboxylic acids is 1. The van der Waals surface area contributed by atoms with Crippen LogP contribution in [0, 0.1) is 0 Å². The molecule has 0 aliphatic heterocycles. The van der Waals surface area contributed by atoms with Crippen LogP contribution in [-0.2, 0) is 4.79 Å². The van der Waals surface area contributed by atoms with Crippen LogP contribution < -0.4 is 15.3 Å². The van der Waals surface area contributed by atoms with E-state index in [2.05, 4.69) is 9.97 Å². The van der Waals surface area contributed by atoms with Crippen LogP contribution in [0.25, 0.3) is 12.2 Å². The van der Waals surface area contributed by atoms with Crippen LogP contribution in [0.3, 0.4) is 0 Å². The number of aromatic nitrogens is 2. The predicted octanol–water partition coefficient (Wildman–Crippen LogP) is -0.981. The summed E-state index contributed by atoms with van der Waals surface area (Å²) < 4.78 is 4.85. The van der Waals surface area contributed by atoms with Crippen molar-refractivity contribution in [2.75, 3.05) is 7.11 Å². The second-order valence-corrected chi connectivity index (χ2v) is 2.72. The Kier molecular flexibility index (Phi) is 1.81. The summed E-state index contributed by atoms with van der Waals surface area (Å²) in [4.78, 5) is 19.0. The van der Waals surface area contributed by atoms with E-state index in [-0.39, 0.29) is 11.8 Å². The van der Waals surface area contributed by atoms with Crippen LogP contribution >= 0.6 is 0 Å².